The fraction of sp³-hybridized carbons (Fsp3) is 0.375. The predicted molar refractivity (Wildman–Crippen MR) is 87.4 cm³/mol. The van der Waals surface area contributed by atoms with Gasteiger partial charge in [-0.25, -0.2) is 4.79 Å². The lowest BCUT2D eigenvalue weighted by molar-refractivity contribution is 0.0278. The van der Waals surface area contributed by atoms with Crippen LogP contribution in [0.25, 0.3) is 10.9 Å². The second-order valence-corrected chi connectivity index (χ2v) is 5.82. The molecule has 1 fully saturated rings. The van der Waals surface area contributed by atoms with E-state index in [1.54, 1.807) is 16.7 Å². The van der Waals surface area contributed by atoms with E-state index in [1.807, 2.05) is 6.92 Å². The quantitative estimate of drug-likeness (QED) is 0.896. The van der Waals surface area contributed by atoms with Crippen molar-refractivity contribution >= 4 is 28.5 Å². The van der Waals surface area contributed by atoms with Crippen molar-refractivity contribution in [2.75, 3.05) is 19.7 Å². The highest BCUT2D eigenvalue weighted by Gasteiger charge is 2.22. The van der Waals surface area contributed by atoms with Gasteiger partial charge in [-0.2, -0.15) is 0 Å². The topological polar surface area (TPSA) is 80.6 Å². The summed E-state index contributed by atoms with van der Waals surface area (Å²) in [6, 6.07) is 3.37. The largest absolute Gasteiger partial charge is 0.477 e. The van der Waals surface area contributed by atoms with Gasteiger partial charge in [0, 0.05) is 41.8 Å². The lowest BCUT2D eigenvalue weighted by Crippen LogP contribution is -2.33. The first-order chi connectivity index (χ1) is 11.0. The van der Waals surface area contributed by atoms with Gasteiger partial charge in [-0.3, -0.25) is 4.79 Å². The van der Waals surface area contributed by atoms with Crippen LogP contribution in [0.1, 0.15) is 28.9 Å². The number of aryl methyl sites for hydroxylation is 1. The van der Waals surface area contributed by atoms with E-state index in [1.165, 1.54) is 6.20 Å². The summed E-state index contributed by atoms with van der Waals surface area (Å²) in [5.74, 6) is -1.23. The number of morpholine rings is 1. The lowest BCUT2D eigenvalue weighted by atomic mass is 10.0. The van der Waals surface area contributed by atoms with Crippen molar-refractivity contribution in [3.8, 4) is 0 Å². The lowest BCUT2D eigenvalue weighted by Gasteiger charge is -2.25. The molecule has 1 aliphatic rings. The molecular weight excluding hydrogens is 320 g/mol. The Morgan fingerprint density at radius 2 is 2.30 bits per heavy atom. The van der Waals surface area contributed by atoms with Gasteiger partial charge in [0.1, 0.15) is 5.56 Å². The van der Waals surface area contributed by atoms with Crippen molar-refractivity contribution in [3.05, 3.63) is 44.7 Å². The fourth-order valence-electron chi connectivity index (χ4n) is 2.85. The molecule has 7 heteroatoms. The van der Waals surface area contributed by atoms with E-state index in [4.69, 9.17) is 16.3 Å². The van der Waals surface area contributed by atoms with Gasteiger partial charge in [0.2, 0.25) is 5.43 Å². The molecule has 2 aromatic rings. The van der Waals surface area contributed by atoms with Crippen LogP contribution in [0.2, 0.25) is 5.02 Å². The minimum atomic E-state index is -1.23. The van der Waals surface area contributed by atoms with Crippen LogP contribution in [0, 0.1) is 0 Å². The third-order valence-electron chi connectivity index (χ3n) is 4.04. The summed E-state index contributed by atoms with van der Waals surface area (Å²) in [6.07, 6.45) is 1.12. The zero-order valence-corrected chi connectivity index (χ0v) is 13.4. The fourth-order valence-corrected chi connectivity index (χ4v) is 3.13. The molecule has 1 aromatic heterocycles. The monoisotopic (exact) mass is 336 g/mol. The maximum atomic E-state index is 12.5. The highest BCUT2D eigenvalue weighted by Crippen LogP contribution is 2.30. The number of aromatic carboxylic acids is 1. The maximum Gasteiger partial charge on any atom is 0.341 e. The zero-order chi connectivity index (χ0) is 16.6. The summed E-state index contributed by atoms with van der Waals surface area (Å²) in [7, 11) is 0. The van der Waals surface area contributed by atoms with Crippen molar-refractivity contribution in [1.29, 1.82) is 0 Å². The minimum Gasteiger partial charge on any atom is -0.477 e. The molecule has 1 aliphatic heterocycles. The third-order valence-corrected chi connectivity index (χ3v) is 4.37. The molecule has 1 atom stereocenters. The van der Waals surface area contributed by atoms with Crippen molar-refractivity contribution in [2.24, 2.45) is 0 Å². The van der Waals surface area contributed by atoms with Gasteiger partial charge < -0.3 is 19.7 Å². The Labute approximate surface area is 137 Å². The number of hydrogen-bond acceptors (Lipinski definition) is 4. The molecule has 1 saturated heterocycles. The van der Waals surface area contributed by atoms with Gasteiger partial charge in [0.25, 0.3) is 0 Å². The summed E-state index contributed by atoms with van der Waals surface area (Å²) in [5.41, 5.74) is 0.586. The minimum absolute atomic E-state index is 0.240. The van der Waals surface area contributed by atoms with Gasteiger partial charge in [-0.05, 0) is 19.1 Å². The molecule has 2 N–H and O–H groups in total. The number of carboxylic acids is 1. The first-order valence-corrected chi connectivity index (χ1v) is 7.83. The standard InChI is InChI=1S/C16H17ClN2O4/c1-2-19-8-11(16(21)22)15(20)10-5-9(12(17)6-13(10)19)14-7-18-3-4-23-14/h5-6,8,14,18H,2-4,7H2,1H3,(H,21,22). The molecule has 6 nitrogen and oxygen atoms in total. The average Bonchev–Trinajstić information content (AvgIpc) is 2.55. The smallest absolute Gasteiger partial charge is 0.341 e. The van der Waals surface area contributed by atoms with Crippen molar-refractivity contribution < 1.29 is 14.6 Å². The molecule has 0 bridgehead atoms. The number of carbonyl (C=O) groups is 1. The number of benzene rings is 1. The molecule has 23 heavy (non-hydrogen) atoms. The van der Waals surface area contributed by atoms with E-state index >= 15 is 0 Å². The van der Waals surface area contributed by atoms with E-state index in [2.05, 4.69) is 5.32 Å². The number of fused-ring (bicyclic) bond motifs is 1. The van der Waals surface area contributed by atoms with E-state index in [-0.39, 0.29) is 11.7 Å². The number of halogens is 1. The number of aromatic nitrogens is 1. The zero-order valence-electron chi connectivity index (χ0n) is 12.6. The van der Waals surface area contributed by atoms with Gasteiger partial charge in [0.15, 0.2) is 0 Å². The summed E-state index contributed by atoms with van der Waals surface area (Å²) in [4.78, 5) is 23.8. The molecule has 0 amide bonds. The van der Waals surface area contributed by atoms with Gasteiger partial charge >= 0.3 is 5.97 Å². The van der Waals surface area contributed by atoms with Crippen LogP contribution in [0.15, 0.2) is 23.1 Å². The molecule has 0 saturated carbocycles. The second-order valence-electron chi connectivity index (χ2n) is 5.42. The highest BCUT2D eigenvalue weighted by atomic mass is 35.5. The van der Waals surface area contributed by atoms with Crippen LogP contribution in [0.5, 0.6) is 0 Å². The number of nitrogens with zero attached hydrogens (tertiary/aromatic N) is 1. The van der Waals surface area contributed by atoms with E-state index in [0.717, 1.165) is 6.54 Å². The molecule has 122 valence electrons. The Kier molecular flexibility index (Phi) is 4.39. The predicted octanol–water partition coefficient (Wildman–Crippen LogP) is 2.03. The average molecular weight is 337 g/mol. The summed E-state index contributed by atoms with van der Waals surface area (Å²) in [5, 5.41) is 13.3. The molecule has 1 unspecified atom stereocenters. The van der Waals surface area contributed by atoms with Crippen molar-refractivity contribution in [2.45, 2.75) is 19.6 Å². The normalized spacial score (nSPS) is 18.3. The number of nitrogens with one attached hydrogen (secondary N) is 1. The van der Waals surface area contributed by atoms with E-state index < -0.39 is 11.4 Å². The summed E-state index contributed by atoms with van der Waals surface area (Å²) >= 11 is 6.38. The summed E-state index contributed by atoms with van der Waals surface area (Å²) in [6.45, 7) is 4.35. The molecule has 3 rings (SSSR count). The van der Waals surface area contributed by atoms with Crippen LogP contribution in [0.4, 0.5) is 0 Å². The van der Waals surface area contributed by atoms with Crippen molar-refractivity contribution in [3.63, 3.8) is 0 Å². The highest BCUT2D eigenvalue weighted by molar-refractivity contribution is 6.32. The Bertz CT molecular complexity index is 825. The molecule has 0 spiro atoms. The molecule has 0 aliphatic carbocycles. The Morgan fingerprint density at radius 3 is 2.91 bits per heavy atom. The Hall–Kier alpha value is -1.89. The van der Waals surface area contributed by atoms with Gasteiger partial charge in [0.05, 0.1) is 18.2 Å². The molecule has 2 heterocycles. The SMILES string of the molecule is CCn1cc(C(=O)O)c(=O)c2cc(C3CNCCO3)c(Cl)cc21. The number of rotatable bonds is 3. The number of hydrogen-bond donors (Lipinski definition) is 2. The number of pyridine rings is 1. The van der Waals surface area contributed by atoms with E-state index in [9.17, 15) is 14.7 Å². The number of ether oxygens (including phenoxy) is 1. The summed E-state index contributed by atoms with van der Waals surface area (Å²) < 4.78 is 7.41. The molecule has 1 aromatic carbocycles. The Balaban J connectivity index is 2.26. The van der Waals surface area contributed by atoms with Gasteiger partial charge in [-0.1, -0.05) is 11.6 Å². The maximum absolute atomic E-state index is 12.5. The van der Waals surface area contributed by atoms with Crippen LogP contribution >= 0.6 is 11.6 Å². The van der Waals surface area contributed by atoms with Crippen LogP contribution in [-0.2, 0) is 11.3 Å². The second kappa shape index (κ2) is 6.31. The van der Waals surface area contributed by atoms with Crippen LogP contribution < -0.4 is 10.7 Å². The first kappa shape index (κ1) is 16.0. The molecular formula is C16H17ClN2O4. The van der Waals surface area contributed by atoms with Gasteiger partial charge in [-0.15, -0.1) is 0 Å². The van der Waals surface area contributed by atoms with Crippen LogP contribution in [-0.4, -0.2) is 35.3 Å². The molecule has 0 radical (unpaired) electrons. The third kappa shape index (κ3) is 2.85. The van der Waals surface area contributed by atoms with Crippen molar-refractivity contribution in [1.82, 2.24) is 9.88 Å². The number of carboxylic acid groups (broad SMARTS) is 1. The first-order valence-electron chi connectivity index (χ1n) is 7.45. The Morgan fingerprint density at radius 1 is 1.52 bits per heavy atom. The van der Waals surface area contributed by atoms with E-state index in [0.29, 0.717) is 41.2 Å². The van der Waals surface area contributed by atoms with Crippen LogP contribution in [0.3, 0.4) is 0 Å².